The summed E-state index contributed by atoms with van der Waals surface area (Å²) in [5, 5.41) is 8.24. The molecular formula is C12H18N4OS. The molecule has 98 valence electrons. The minimum Gasteiger partial charge on any atom is -0.591 e. The standard InChI is InChI=1S/C12H18N4OS/c1-11(2,3)18(17)13-7-10-8-16(15-14-10)12-4-9(5-12)6-12/h7-9H,4-6H2,1-3H3/b13-7+/t9?,12?,18-/m1/s1. The van der Waals surface area contributed by atoms with Crippen LogP contribution in [-0.2, 0) is 16.9 Å². The lowest BCUT2D eigenvalue weighted by molar-refractivity contribution is -0.0988. The third-order valence-corrected chi connectivity index (χ3v) is 5.15. The van der Waals surface area contributed by atoms with Gasteiger partial charge >= 0.3 is 0 Å². The smallest absolute Gasteiger partial charge is 0.144 e. The first-order chi connectivity index (χ1) is 8.39. The Hall–Kier alpha value is -0.880. The zero-order valence-corrected chi connectivity index (χ0v) is 11.8. The quantitative estimate of drug-likeness (QED) is 0.617. The molecule has 2 bridgehead atoms. The molecule has 5 nitrogen and oxygen atoms in total. The fraction of sp³-hybridized carbons (Fsp3) is 0.750. The van der Waals surface area contributed by atoms with Gasteiger partial charge in [0.05, 0.1) is 11.7 Å². The van der Waals surface area contributed by atoms with E-state index in [1.165, 1.54) is 19.3 Å². The van der Waals surface area contributed by atoms with Crippen molar-refractivity contribution in [2.75, 3.05) is 0 Å². The molecule has 1 aromatic rings. The summed E-state index contributed by atoms with van der Waals surface area (Å²) < 4.78 is 17.5. The van der Waals surface area contributed by atoms with Gasteiger partial charge < -0.3 is 4.55 Å². The summed E-state index contributed by atoms with van der Waals surface area (Å²) in [5.74, 6) is 0.916. The van der Waals surface area contributed by atoms with Crippen LogP contribution in [0.25, 0.3) is 0 Å². The van der Waals surface area contributed by atoms with Gasteiger partial charge in [-0.15, -0.1) is 5.10 Å². The van der Waals surface area contributed by atoms with Gasteiger partial charge in [0.25, 0.3) is 0 Å². The molecule has 0 amide bonds. The van der Waals surface area contributed by atoms with Gasteiger partial charge in [-0.05, 0) is 46.0 Å². The Morgan fingerprint density at radius 1 is 1.50 bits per heavy atom. The van der Waals surface area contributed by atoms with E-state index < -0.39 is 11.4 Å². The highest BCUT2D eigenvalue weighted by Crippen LogP contribution is 2.61. The summed E-state index contributed by atoms with van der Waals surface area (Å²) in [4.78, 5) is 0. The molecule has 18 heavy (non-hydrogen) atoms. The highest BCUT2D eigenvalue weighted by Gasteiger charge is 2.58. The number of rotatable bonds is 3. The van der Waals surface area contributed by atoms with Crippen LogP contribution in [0.3, 0.4) is 0 Å². The van der Waals surface area contributed by atoms with Gasteiger partial charge in [-0.25, -0.2) is 4.68 Å². The van der Waals surface area contributed by atoms with Crippen molar-refractivity contribution < 1.29 is 4.55 Å². The molecule has 3 aliphatic rings. The van der Waals surface area contributed by atoms with Crippen LogP contribution in [0.4, 0.5) is 0 Å². The van der Waals surface area contributed by atoms with E-state index >= 15 is 0 Å². The van der Waals surface area contributed by atoms with E-state index in [0.29, 0.717) is 5.69 Å². The third kappa shape index (κ3) is 1.87. The molecule has 0 aromatic carbocycles. The van der Waals surface area contributed by atoms with Crippen molar-refractivity contribution in [2.45, 2.75) is 50.3 Å². The summed E-state index contributed by atoms with van der Waals surface area (Å²) >= 11 is -1.24. The summed E-state index contributed by atoms with van der Waals surface area (Å²) in [6.45, 7) is 5.71. The zero-order chi connectivity index (χ0) is 13.0. The van der Waals surface area contributed by atoms with E-state index in [1.807, 2.05) is 31.6 Å². The minimum absolute atomic E-state index is 0.257. The van der Waals surface area contributed by atoms with Crippen molar-refractivity contribution in [3.05, 3.63) is 11.9 Å². The molecular weight excluding hydrogens is 248 g/mol. The molecule has 3 aliphatic carbocycles. The first-order valence-electron chi connectivity index (χ1n) is 6.28. The maximum Gasteiger partial charge on any atom is 0.144 e. The van der Waals surface area contributed by atoms with Gasteiger partial charge in [-0.3, -0.25) is 0 Å². The molecule has 1 atom stereocenters. The van der Waals surface area contributed by atoms with Crippen molar-refractivity contribution in [3.63, 3.8) is 0 Å². The van der Waals surface area contributed by atoms with Crippen LogP contribution in [-0.4, -0.2) is 30.5 Å². The average molecular weight is 266 g/mol. The predicted octanol–water partition coefficient (Wildman–Crippen LogP) is 1.67. The summed E-state index contributed by atoms with van der Waals surface area (Å²) in [6.07, 6.45) is 7.19. The Morgan fingerprint density at radius 2 is 2.17 bits per heavy atom. The van der Waals surface area contributed by atoms with Gasteiger partial charge in [0.15, 0.2) is 0 Å². The highest BCUT2D eigenvalue weighted by atomic mass is 32.2. The summed E-state index contributed by atoms with van der Waals surface area (Å²) in [7, 11) is 0. The monoisotopic (exact) mass is 266 g/mol. The Morgan fingerprint density at radius 3 is 2.67 bits per heavy atom. The molecule has 0 radical (unpaired) electrons. The van der Waals surface area contributed by atoms with Crippen LogP contribution in [0.15, 0.2) is 10.6 Å². The fourth-order valence-corrected chi connectivity index (χ4v) is 3.06. The maximum atomic E-state index is 11.8. The van der Waals surface area contributed by atoms with Crippen LogP contribution in [0, 0.1) is 5.92 Å². The SMILES string of the molecule is CC(C)(C)[S@@+]([O-])/N=C/c1cn(C23CC(C2)C3)nn1. The highest BCUT2D eigenvalue weighted by molar-refractivity contribution is 7.91. The van der Waals surface area contributed by atoms with Crippen molar-refractivity contribution in [3.8, 4) is 0 Å². The number of aromatic nitrogens is 3. The van der Waals surface area contributed by atoms with Gasteiger partial charge in [-0.1, -0.05) is 9.61 Å². The summed E-state index contributed by atoms with van der Waals surface area (Å²) in [5.41, 5.74) is 0.949. The maximum absolute atomic E-state index is 11.8. The van der Waals surface area contributed by atoms with Crippen molar-refractivity contribution >= 4 is 17.6 Å². The second-order valence-corrected chi connectivity index (χ2v) is 8.32. The van der Waals surface area contributed by atoms with Gasteiger partial charge in [0.2, 0.25) is 0 Å². The average Bonchev–Trinajstić information content (AvgIpc) is 2.56. The Bertz CT molecular complexity index is 473. The van der Waals surface area contributed by atoms with E-state index in [1.54, 1.807) is 6.21 Å². The van der Waals surface area contributed by atoms with Crippen molar-refractivity contribution in [1.29, 1.82) is 0 Å². The Balaban J connectivity index is 1.68. The lowest BCUT2D eigenvalue weighted by Gasteiger charge is -2.61. The first kappa shape index (κ1) is 12.2. The zero-order valence-electron chi connectivity index (χ0n) is 11.0. The molecule has 0 N–H and O–H groups in total. The molecule has 1 heterocycles. The topological polar surface area (TPSA) is 66.1 Å². The molecule has 6 heteroatoms. The largest absolute Gasteiger partial charge is 0.591 e. The van der Waals surface area contributed by atoms with E-state index in [9.17, 15) is 4.55 Å². The van der Waals surface area contributed by atoms with Crippen molar-refractivity contribution in [2.24, 2.45) is 10.3 Å². The van der Waals surface area contributed by atoms with E-state index in [0.717, 1.165) is 5.92 Å². The van der Waals surface area contributed by atoms with E-state index in [2.05, 4.69) is 14.7 Å². The summed E-state index contributed by atoms with van der Waals surface area (Å²) in [6, 6.07) is 0. The Labute approximate surface area is 110 Å². The van der Waals surface area contributed by atoms with Gasteiger partial charge in [0, 0.05) is 0 Å². The van der Waals surface area contributed by atoms with Crippen LogP contribution in [0.5, 0.6) is 0 Å². The fourth-order valence-electron chi connectivity index (χ4n) is 2.54. The van der Waals surface area contributed by atoms with Gasteiger partial charge in [-0.2, -0.15) is 0 Å². The van der Waals surface area contributed by atoms with Crippen LogP contribution in [0.1, 0.15) is 45.7 Å². The Kier molecular flexibility index (Phi) is 2.57. The second-order valence-electron chi connectivity index (χ2n) is 6.39. The lowest BCUT2D eigenvalue weighted by Crippen LogP contribution is -2.59. The molecule has 0 aliphatic heterocycles. The van der Waals surface area contributed by atoms with Crippen molar-refractivity contribution in [1.82, 2.24) is 15.0 Å². The lowest BCUT2D eigenvalue weighted by atomic mass is 9.50. The normalized spacial score (nSPS) is 32.1. The molecule has 4 rings (SSSR count). The molecule has 0 unspecified atom stereocenters. The number of hydrogen-bond acceptors (Lipinski definition) is 4. The molecule has 1 aromatic heterocycles. The van der Waals surface area contributed by atoms with Crippen LogP contribution < -0.4 is 0 Å². The predicted molar refractivity (Wildman–Crippen MR) is 70.8 cm³/mol. The second kappa shape index (κ2) is 3.81. The number of nitrogens with zero attached hydrogens (tertiary/aromatic N) is 4. The molecule has 3 fully saturated rings. The minimum atomic E-state index is -1.24. The van der Waals surface area contributed by atoms with E-state index in [-0.39, 0.29) is 10.3 Å². The molecule has 3 saturated carbocycles. The number of hydrogen-bond donors (Lipinski definition) is 0. The molecule has 0 spiro atoms. The first-order valence-corrected chi connectivity index (χ1v) is 7.39. The third-order valence-electron chi connectivity index (χ3n) is 3.81. The molecule has 0 saturated heterocycles. The van der Waals surface area contributed by atoms with Crippen LogP contribution in [0.2, 0.25) is 0 Å². The van der Waals surface area contributed by atoms with Gasteiger partial charge in [0.1, 0.15) is 28.0 Å². The van der Waals surface area contributed by atoms with E-state index in [4.69, 9.17) is 0 Å². The van der Waals surface area contributed by atoms with Crippen LogP contribution >= 0.6 is 0 Å².